The van der Waals surface area contributed by atoms with Gasteiger partial charge in [0.1, 0.15) is 0 Å². The molecule has 5 nitrogen and oxygen atoms in total. The van der Waals surface area contributed by atoms with Gasteiger partial charge >= 0.3 is 0 Å². The molecule has 0 atom stereocenters. The molecule has 1 aliphatic rings. The highest BCUT2D eigenvalue weighted by Gasteiger charge is 2.28. The highest BCUT2D eigenvalue weighted by Crippen LogP contribution is 2.17. The SMILES string of the molecule is CCCC(=O)NC(C)(C)CC(=O)N1CCN(c2ccccc2)CC1. The Morgan fingerprint density at radius 3 is 2.29 bits per heavy atom. The highest BCUT2D eigenvalue weighted by atomic mass is 16.2. The van der Waals surface area contributed by atoms with Crippen LogP contribution in [0.1, 0.15) is 40.0 Å². The molecule has 132 valence electrons. The third-order valence-electron chi connectivity index (χ3n) is 4.30. The molecule has 1 fully saturated rings. The first-order valence-corrected chi connectivity index (χ1v) is 8.80. The van der Waals surface area contributed by atoms with Crippen LogP contribution in [0.4, 0.5) is 5.69 Å². The molecule has 0 spiro atoms. The van der Waals surface area contributed by atoms with Crippen LogP contribution in [0.5, 0.6) is 0 Å². The van der Waals surface area contributed by atoms with E-state index in [1.807, 2.05) is 43.9 Å². The second kappa shape index (κ2) is 8.18. The van der Waals surface area contributed by atoms with Crippen molar-refractivity contribution in [3.8, 4) is 0 Å². The van der Waals surface area contributed by atoms with Crippen molar-refractivity contribution in [2.24, 2.45) is 0 Å². The van der Waals surface area contributed by atoms with E-state index in [1.54, 1.807) is 0 Å². The van der Waals surface area contributed by atoms with Gasteiger partial charge in [-0.05, 0) is 32.4 Å². The normalized spacial score (nSPS) is 15.3. The lowest BCUT2D eigenvalue weighted by atomic mass is 9.99. The fourth-order valence-corrected chi connectivity index (χ4v) is 3.05. The predicted molar refractivity (Wildman–Crippen MR) is 97.0 cm³/mol. The van der Waals surface area contributed by atoms with E-state index >= 15 is 0 Å². The van der Waals surface area contributed by atoms with Crippen LogP contribution in [0, 0.1) is 0 Å². The first-order chi connectivity index (χ1) is 11.4. The van der Waals surface area contributed by atoms with Crippen LogP contribution in [0.15, 0.2) is 30.3 Å². The van der Waals surface area contributed by atoms with E-state index in [4.69, 9.17) is 0 Å². The molecule has 5 heteroatoms. The van der Waals surface area contributed by atoms with Crippen LogP contribution >= 0.6 is 0 Å². The molecule has 2 rings (SSSR count). The molecule has 0 saturated carbocycles. The molecule has 1 aliphatic heterocycles. The number of nitrogens with zero attached hydrogens (tertiary/aromatic N) is 2. The molecule has 1 heterocycles. The molecule has 0 aliphatic carbocycles. The van der Waals surface area contributed by atoms with Crippen molar-refractivity contribution in [3.63, 3.8) is 0 Å². The maximum atomic E-state index is 12.6. The Morgan fingerprint density at radius 2 is 1.71 bits per heavy atom. The van der Waals surface area contributed by atoms with Gasteiger partial charge in [0.15, 0.2) is 0 Å². The molecule has 0 unspecified atom stereocenters. The summed E-state index contributed by atoms with van der Waals surface area (Å²) in [5.74, 6) is 0.133. The number of piperazine rings is 1. The third-order valence-corrected chi connectivity index (χ3v) is 4.30. The van der Waals surface area contributed by atoms with Gasteiger partial charge < -0.3 is 15.1 Å². The zero-order chi connectivity index (χ0) is 17.6. The van der Waals surface area contributed by atoms with Crippen LogP contribution in [-0.2, 0) is 9.59 Å². The van der Waals surface area contributed by atoms with Gasteiger partial charge in [-0.3, -0.25) is 9.59 Å². The van der Waals surface area contributed by atoms with Crippen LogP contribution in [0.25, 0.3) is 0 Å². The van der Waals surface area contributed by atoms with Crippen molar-refractivity contribution < 1.29 is 9.59 Å². The fourth-order valence-electron chi connectivity index (χ4n) is 3.05. The largest absolute Gasteiger partial charge is 0.368 e. The first-order valence-electron chi connectivity index (χ1n) is 8.80. The van der Waals surface area contributed by atoms with Crippen LogP contribution in [0.2, 0.25) is 0 Å². The lowest BCUT2D eigenvalue weighted by Gasteiger charge is -2.37. The van der Waals surface area contributed by atoms with Gasteiger partial charge in [-0.25, -0.2) is 0 Å². The second-order valence-corrected chi connectivity index (χ2v) is 7.06. The number of amides is 2. The van der Waals surface area contributed by atoms with Gasteiger partial charge in [0.05, 0.1) is 0 Å². The summed E-state index contributed by atoms with van der Waals surface area (Å²) in [6.07, 6.45) is 1.67. The third kappa shape index (κ3) is 5.25. The number of para-hydroxylation sites is 1. The zero-order valence-corrected chi connectivity index (χ0v) is 15.0. The molecular weight excluding hydrogens is 302 g/mol. The maximum absolute atomic E-state index is 12.6. The number of rotatable bonds is 6. The minimum Gasteiger partial charge on any atom is -0.368 e. The first kappa shape index (κ1) is 18.3. The molecule has 24 heavy (non-hydrogen) atoms. The Balaban J connectivity index is 1.83. The summed E-state index contributed by atoms with van der Waals surface area (Å²) in [7, 11) is 0. The van der Waals surface area contributed by atoms with Gasteiger partial charge in [0.25, 0.3) is 0 Å². The van der Waals surface area contributed by atoms with Crippen molar-refractivity contribution in [1.29, 1.82) is 0 Å². The number of hydrogen-bond donors (Lipinski definition) is 1. The van der Waals surface area contributed by atoms with Crippen LogP contribution < -0.4 is 10.2 Å². The van der Waals surface area contributed by atoms with E-state index in [2.05, 4.69) is 22.3 Å². The Hall–Kier alpha value is -2.04. The molecule has 1 N–H and O–H groups in total. The lowest BCUT2D eigenvalue weighted by Crippen LogP contribution is -2.52. The average Bonchev–Trinajstić information content (AvgIpc) is 2.55. The Kier molecular flexibility index (Phi) is 6.23. The maximum Gasteiger partial charge on any atom is 0.225 e. The summed E-state index contributed by atoms with van der Waals surface area (Å²) in [5, 5.41) is 2.96. The molecular formula is C19H29N3O2. The van der Waals surface area contributed by atoms with E-state index in [0.29, 0.717) is 12.8 Å². The summed E-state index contributed by atoms with van der Waals surface area (Å²) in [5.41, 5.74) is 0.705. The second-order valence-electron chi connectivity index (χ2n) is 7.06. The number of carbonyl (C=O) groups is 2. The smallest absolute Gasteiger partial charge is 0.225 e. The van der Waals surface area contributed by atoms with Gasteiger partial charge in [0, 0.05) is 50.2 Å². The topological polar surface area (TPSA) is 52.7 Å². The lowest BCUT2D eigenvalue weighted by molar-refractivity contribution is -0.133. The summed E-state index contributed by atoms with van der Waals surface area (Å²) in [6.45, 7) is 8.96. The van der Waals surface area contributed by atoms with Crippen molar-refractivity contribution >= 4 is 17.5 Å². The standard InChI is InChI=1S/C19H29N3O2/c1-4-8-17(23)20-19(2,3)15-18(24)22-13-11-21(12-14-22)16-9-6-5-7-10-16/h5-7,9-10H,4,8,11-15H2,1-3H3,(H,20,23). The van der Waals surface area contributed by atoms with Crippen molar-refractivity contribution in [1.82, 2.24) is 10.2 Å². The highest BCUT2D eigenvalue weighted by molar-refractivity contribution is 5.80. The Bertz CT molecular complexity index is 549. The molecule has 1 saturated heterocycles. The van der Waals surface area contributed by atoms with Gasteiger partial charge in [-0.15, -0.1) is 0 Å². The predicted octanol–water partition coefficient (Wildman–Crippen LogP) is 2.42. The van der Waals surface area contributed by atoms with E-state index in [1.165, 1.54) is 5.69 Å². The molecule has 1 aromatic rings. The van der Waals surface area contributed by atoms with Gasteiger partial charge in [0.2, 0.25) is 11.8 Å². The summed E-state index contributed by atoms with van der Waals surface area (Å²) >= 11 is 0. The number of benzene rings is 1. The molecule has 0 bridgehead atoms. The van der Waals surface area contributed by atoms with Gasteiger partial charge in [-0.2, -0.15) is 0 Å². The van der Waals surface area contributed by atoms with Crippen molar-refractivity contribution in [2.45, 2.75) is 45.6 Å². The summed E-state index contributed by atoms with van der Waals surface area (Å²) in [4.78, 5) is 28.5. The number of anilines is 1. The monoisotopic (exact) mass is 331 g/mol. The molecule has 2 amide bonds. The van der Waals surface area contributed by atoms with E-state index < -0.39 is 5.54 Å². The average molecular weight is 331 g/mol. The summed E-state index contributed by atoms with van der Waals surface area (Å²) < 4.78 is 0. The quantitative estimate of drug-likeness (QED) is 0.871. The molecule has 0 aromatic heterocycles. The van der Waals surface area contributed by atoms with Crippen molar-refractivity contribution in [2.75, 3.05) is 31.1 Å². The Labute approximate surface area is 145 Å². The van der Waals surface area contributed by atoms with Crippen molar-refractivity contribution in [3.05, 3.63) is 30.3 Å². The van der Waals surface area contributed by atoms with E-state index in [0.717, 1.165) is 32.6 Å². The summed E-state index contributed by atoms with van der Waals surface area (Å²) in [6, 6.07) is 10.3. The molecule has 1 aromatic carbocycles. The fraction of sp³-hybridized carbons (Fsp3) is 0.579. The number of nitrogens with one attached hydrogen (secondary N) is 1. The molecule has 0 radical (unpaired) electrons. The minimum atomic E-state index is -0.500. The van der Waals surface area contributed by atoms with E-state index in [9.17, 15) is 9.59 Å². The van der Waals surface area contributed by atoms with Crippen LogP contribution in [-0.4, -0.2) is 48.4 Å². The zero-order valence-electron chi connectivity index (χ0n) is 15.0. The number of hydrogen-bond acceptors (Lipinski definition) is 3. The number of carbonyl (C=O) groups excluding carboxylic acids is 2. The Morgan fingerprint density at radius 1 is 1.08 bits per heavy atom. The van der Waals surface area contributed by atoms with Crippen LogP contribution in [0.3, 0.4) is 0 Å². The minimum absolute atomic E-state index is 0.0178. The van der Waals surface area contributed by atoms with Gasteiger partial charge in [-0.1, -0.05) is 25.1 Å². The van der Waals surface area contributed by atoms with E-state index in [-0.39, 0.29) is 11.8 Å².